The number of carboxylic acids is 2. The Hall–Kier alpha value is -3.28. The van der Waals surface area contributed by atoms with Gasteiger partial charge in [0.25, 0.3) is 0 Å². The van der Waals surface area contributed by atoms with Crippen LogP contribution in [0.1, 0.15) is 16.7 Å². The molecule has 27 heavy (non-hydrogen) atoms. The van der Waals surface area contributed by atoms with Gasteiger partial charge in [0.05, 0.1) is 11.6 Å². The van der Waals surface area contributed by atoms with Gasteiger partial charge in [0.2, 0.25) is 0 Å². The van der Waals surface area contributed by atoms with E-state index in [-0.39, 0.29) is 18.7 Å². The highest BCUT2D eigenvalue weighted by Gasteiger charge is 2.12. The van der Waals surface area contributed by atoms with E-state index in [1.165, 1.54) is 24.3 Å². The number of aliphatic carboxylic acids is 2. The van der Waals surface area contributed by atoms with Gasteiger partial charge in [0, 0.05) is 0 Å². The van der Waals surface area contributed by atoms with Crippen LogP contribution in [0, 0.1) is 17.1 Å². The maximum atomic E-state index is 12.4. The molecule has 0 saturated heterocycles. The van der Waals surface area contributed by atoms with Gasteiger partial charge in [-0.1, -0.05) is 24.3 Å². The van der Waals surface area contributed by atoms with E-state index in [2.05, 4.69) is 0 Å². The normalized spacial score (nSPS) is 12.1. The number of nitriles is 1. The third-order valence-corrected chi connectivity index (χ3v) is 3.54. The monoisotopic (exact) mass is 373 g/mol. The fourth-order valence-electron chi connectivity index (χ4n) is 2.02. The lowest BCUT2D eigenvalue weighted by Gasteiger charge is -2.05. The summed E-state index contributed by atoms with van der Waals surface area (Å²) in [6, 6.07) is 12.5. The Labute approximate surface area is 155 Å². The Morgan fingerprint density at radius 1 is 0.889 bits per heavy atom. The summed E-state index contributed by atoms with van der Waals surface area (Å²) in [5.41, 5.74) is 12.7. The maximum Gasteiger partial charge on any atom is 0.320 e. The number of nitrogens with zero attached hydrogens (tertiary/aromatic N) is 1. The number of halogens is 1. The second-order valence-electron chi connectivity index (χ2n) is 5.73. The predicted molar refractivity (Wildman–Crippen MR) is 96.2 cm³/mol. The van der Waals surface area contributed by atoms with Crippen molar-refractivity contribution in [3.63, 3.8) is 0 Å². The van der Waals surface area contributed by atoms with Crippen molar-refractivity contribution in [2.75, 3.05) is 0 Å². The van der Waals surface area contributed by atoms with Crippen LogP contribution in [0.25, 0.3) is 0 Å². The predicted octanol–water partition coefficient (Wildman–Crippen LogP) is 1.29. The van der Waals surface area contributed by atoms with Crippen LogP contribution in [0.5, 0.6) is 0 Å². The molecule has 0 fully saturated rings. The van der Waals surface area contributed by atoms with Crippen LogP contribution in [-0.2, 0) is 22.4 Å². The number of rotatable bonds is 6. The third kappa shape index (κ3) is 8.09. The summed E-state index contributed by atoms with van der Waals surface area (Å²) in [7, 11) is 0. The number of hydrogen-bond acceptors (Lipinski definition) is 5. The van der Waals surface area contributed by atoms with E-state index >= 15 is 0 Å². The lowest BCUT2D eigenvalue weighted by Crippen LogP contribution is -2.32. The molecule has 0 aliphatic rings. The standard InChI is InChI=1S/C10H10N2O2.C9H10FNO2/c11-6-8-3-1-7(2-4-8)5-9(12)10(13)14;10-7-3-1-6(2-4-7)5-8(11)9(12)13/h1-4,9H,5,12H2,(H,13,14);1-4,8H,5,11H2,(H,12,13). The maximum absolute atomic E-state index is 12.4. The number of carboxylic acid groups (broad SMARTS) is 2. The van der Waals surface area contributed by atoms with Crippen LogP contribution < -0.4 is 11.5 Å². The summed E-state index contributed by atoms with van der Waals surface area (Å²) < 4.78 is 12.4. The molecule has 2 atom stereocenters. The van der Waals surface area contributed by atoms with E-state index in [0.29, 0.717) is 5.56 Å². The molecule has 6 N–H and O–H groups in total. The Morgan fingerprint density at radius 3 is 1.59 bits per heavy atom. The highest BCUT2D eigenvalue weighted by atomic mass is 19.1. The van der Waals surface area contributed by atoms with Gasteiger partial charge in [-0.3, -0.25) is 9.59 Å². The van der Waals surface area contributed by atoms with Gasteiger partial charge in [-0.15, -0.1) is 0 Å². The van der Waals surface area contributed by atoms with E-state index in [9.17, 15) is 14.0 Å². The molecule has 0 aliphatic heterocycles. The van der Waals surface area contributed by atoms with E-state index in [1.54, 1.807) is 24.3 Å². The minimum absolute atomic E-state index is 0.218. The number of carbonyl (C=O) groups is 2. The zero-order chi connectivity index (χ0) is 20.4. The fraction of sp³-hybridized carbons (Fsp3) is 0.211. The van der Waals surface area contributed by atoms with Crippen LogP contribution in [0.2, 0.25) is 0 Å². The van der Waals surface area contributed by atoms with Gasteiger partial charge >= 0.3 is 11.9 Å². The average molecular weight is 373 g/mol. The minimum Gasteiger partial charge on any atom is -0.480 e. The van der Waals surface area contributed by atoms with Gasteiger partial charge in [-0.25, -0.2) is 4.39 Å². The highest BCUT2D eigenvalue weighted by molar-refractivity contribution is 5.73. The van der Waals surface area contributed by atoms with Crippen molar-refractivity contribution in [1.29, 1.82) is 5.26 Å². The SMILES string of the molecule is N#Cc1ccc(CC(N)C(=O)O)cc1.NC(Cc1ccc(F)cc1)C(=O)O. The van der Waals surface area contributed by atoms with Gasteiger partial charge in [0.1, 0.15) is 17.9 Å². The van der Waals surface area contributed by atoms with Gasteiger partial charge in [-0.2, -0.15) is 5.26 Å². The summed E-state index contributed by atoms with van der Waals surface area (Å²) in [5.74, 6) is -2.41. The van der Waals surface area contributed by atoms with Crippen LogP contribution in [0.3, 0.4) is 0 Å². The topological polar surface area (TPSA) is 150 Å². The first-order chi connectivity index (χ1) is 12.7. The van der Waals surface area contributed by atoms with Gasteiger partial charge in [0.15, 0.2) is 0 Å². The molecule has 2 aromatic carbocycles. The molecule has 0 heterocycles. The molecule has 142 valence electrons. The second kappa shape index (κ2) is 10.7. The number of hydrogen-bond donors (Lipinski definition) is 4. The first-order valence-corrected chi connectivity index (χ1v) is 7.93. The Bertz CT molecular complexity index is 801. The molecular formula is C19H20FN3O4. The third-order valence-electron chi connectivity index (χ3n) is 3.54. The lowest BCUT2D eigenvalue weighted by molar-refractivity contribution is -0.139. The van der Waals surface area contributed by atoms with Crippen LogP contribution in [0.15, 0.2) is 48.5 Å². The summed E-state index contributed by atoms with van der Waals surface area (Å²) >= 11 is 0. The fourth-order valence-corrected chi connectivity index (χ4v) is 2.02. The first kappa shape index (κ1) is 21.8. The molecule has 0 aromatic heterocycles. The molecule has 0 saturated carbocycles. The molecule has 0 radical (unpaired) electrons. The lowest BCUT2D eigenvalue weighted by atomic mass is 10.1. The summed E-state index contributed by atoms with van der Waals surface area (Å²) in [4.78, 5) is 20.8. The van der Waals surface area contributed by atoms with Crippen molar-refractivity contribution in [2.24, 2.45) is 11.5 Å². The van der Waals surface area contributed by atoms with Crippen LogP contribution in [-0.4, -0.2) is 34.2 Å². The molecule has 0 aliphatic carbocycles. The smallest absolute Gasteiger partial charge is 0.320 e. The van der Waals surface area contributed by atoms with Crippen molar-refractivity contribution in [1.82, 2.24) is 0 Å². The largest absolute Gasteiger partial charge is 0.480 e. The average Bonchev–Trinajstić information content (AvgIpc) is 2.64. The molecule has 0 amide bonds. The molecule has 2 aromatic rings. The van der Waals surface area contributed by atoms with E-state index < -0.39 is 24.0 Å². The Kier molecular flexibility index (Phi) is 8.59. The zero-order valence-corrected chi connectivity index (χ0v) is 14.4. The van der Waals surface area contributed by atoms with Crippen molar-refractivity contribution in [3.8, 4) is 6.07 Å². The van der Waals surface area contributed by atoms with Gasteiger partial charge in [-0.05, 0) is 48.2 Å². The zero-order valence-electron chi connectivity index (χ0n) is 14.4. The Morgan fingerprint density at radius 2 is 1.26 bits per heavy atom. The van der Waals surface area contributed by atoms with E-state index in [4.69, 9.17) is 26.9 Å². The number of nitrogens with two attached hydrogens (primary N) is 2. The van der Waals surface area contributed by atoms with E-state index in [0.717, 1.165) is 11.1 Å². The Balaban J connectivity index is 0.000000271. The molecule has 0 spiro atoms. The molecule has 7 nitrogen and oxygen atoms in total. The highest BCUT2D eigenvalue weighted by Crippen LogP contribution is 2.06. The van der Waals surface area contributed by atoms with E-state index in [1.807, 2.05) is 6.07 Å². The summed E-state index contributed by atoms with van der Waals surface area (Å²) in [6.45, 7) is 0. The van der Waals surface area contributed by atoms with Crippen molar-refractivity contribution >= 4 is 11.9 Å². The van der Waals surface area contributed by atoms with Crippen molar-refractivity contribution in [2.45, 2.75) is 24.9 Å². The summed E-state index contributed by atoms with van der Waals surface area (Å²) in [6.07, 6.45) is 0.497. The summed E-state index contributed by atoms with van der Waals surface area (Å²) in [5, 5.41) is 25.6. The molecule has 8 heteroatoms. The first-order valence-electron chi connectivity index (χ1n) is 7.93. The quantitative estimate of drug-likeness (QED) is 0.595. The molecule has 0 bridgehead atoms. The molecular weight excluding hydrogens is 353 g/mol. The van der Waals surface area contributed by atoms with Crippen LogP contribution in [0.4, 0.5) is 4.39 Å². The van der Waals surface area contributed by atoms with Crippen LogP contribution >= 0.6 is 0 Å². The second-order valence-corrected chi connectivity index (χ2v) is 5.73. The minimum atomic E-state index is -1.05. The van der Waals surface area contributed by atoms with Crippen molar-refractivity contribution in [3.05, 3.63) is 71.0 Å². The number of benzene rings is 2. The molecule has 2 unspecified atom stereocenters. The van der Waals surface area contributed by atoms with Crippen molar-refractivity contribution < 1.29 is 24.2 Å². The molecule has 2 rings (SSSR count). The van der Waals surface area contributed by atoms with Gasteiger partial charge < -0.3 is 21.7 Å².